The first-order valence-electron chi connectivity index (χ1n) is 6.44. The number of rotatable bonds is 2. The van der Waals surface area contributed by atoms with E-state index in [0.717, 1.165) is 11.3 Å². The molecule has 0 spiro atoms. The number of halogens is 1. The van der Waals surface area contributed by atoms with E-state index < -0.39 is 0 Å². The van der Waals surface area contributed by atoms with Crippen molar-refractivity contribution in [3.63, 3.8) is 0 Å². The summed E-state index contributed by atoms with van der Waals surface area (Å²) >= 11 is 0. The summed E-state index contributed by atoms with van der Waals surface area (Å²) in [5, 5.41) is 3.15. The van der Waals surface area contributed by atoms with Crippen molar-refractivity contribution in [1.82, 2.24) is 9.97 Å². The van der Waals surface area contributed by atoms with Gasteiger partial charge in [0.1, 0.15) is 23.3 Å². The lowest BCUT2D eigenvalue weighted by Crippen LogP contribution is -2.18. The Morgan fingerprint density at radius 2 is 1.70 bits per heavy atom. The normalized spacial score (nSPS) is 11.4. The van der Waals surface area contributed by atoms with Crippen LogP contribution in [0.5, 0.6) is 0 Å². The number of nitrogens with two attached hydrogens (primary N) is 1. The van der Waals surface area contributed by atoms with Crippen LogP contribution in [0.4, 0.5) is 21.7 Å². The van der Waals surface area contributed by atoms with Gasteiger partial charge in [0.2, 0.25) is 0 Å². The third kappa shape index (κ3) is 3.04. The van der Waals surface area contributed by atoms with Gasteiger partial charge in [-0.3, -0.25) is 0 Å². The molecule has 2 rings (SSSR count). The van der Waals surface area contributed by atoms with Crippen molar-refractivity contribution in [3.05, 3.63) is 41.5 Å². The van der Waals surface area contributed by atoms with Gasteiger partial charge in [-0.2, -0.15) is 0 Å². The van der Waals surface area contributed by atoms with Gasteiger partial charge in [-0.1, -0.05) is 20.8 Å². The van der Waals surface area contributed by atoms with Crippen molar-refractivity contribution in [2.45, 2.75) is 33.1 Å². The molecular formula is C15H19FN4. The summed E-state index contributed by atoms with van der Waals surface area (Å²) in [4.78, 5) is 8.85. The van der Waals surface area contributed by atoms with Crippen LogP contribution in [-0.2, 0) is 5.41 Å². The number of aromatic nitrogens is 2. The Labute approximate surface area is 118 Å². The van der Waals surface area contributed by atoms with E-state index in [4.69, 9.17) is 5.73 Å². The summed E-state index contributed by atoms with van der Waals surface area (Å²) in [6.07, 6.45) is 0. The fraction of sp³-hybridized carbons (Fsp3) is 0.333. The topological polar surface area (TPSA) is 63.8 Å². The number of hydrogen-bond donors (Lipinski definition) is 2. The van der Waals surface area contributed by atoms with E-state index in [1.54, 1.807) is 12.1 Å². The van der Waals surface area contributed by atoms with E-state index in [1.807, 2.05) is 27.7 Å². The lowest BCUT2D eigenvalue weighted by Gasteiger charge is -2.19. The van der Waals surface area contributed by atoms with Crippen LogP contribution in [0.1, 0.15) is 32.2 Å². The average Bonchev–Trinajstić information content (AvgIpc) is 2.36. The minimum absolute atomic E-state index is 0.193. The zero-order chi connectivity index (χ0) is 14.9. The van der Waals surface area contributed by atoms with E-state index in [9.17, 15) is 4.39 Å². The number of benzene rings is 1. The molecule has 20 heavy (non-hydrogen) atoms. The maximum Gasteiger partial charge on any atom is 0.139 e. The van der Waals surface area contributed by atoms with Gasteiger partial charge < -0.3 is 11.1 Å². The monoisotopic (exact) mass is 274 g/mol. The Bertz CT molecular complexity index is 615. The van der Waals surface area contributed by atoms with E-state index in [0.29, 0.717) is 17.5 Å². The predicted octanol–water partition coefficient (Wildman–Crippen LogP) is 3.55. The maximum atomic E-state index is 12.9. The smallest absolute Gasteiger partial charge is 0.139 e. The van der Waals surface area contributed by atoms with Gasteiger partial charge in [0.15, 0.2) is 0 Å². The van der Waals surface area contributed by atoms with Crippen LogP contribution < -0.4 is 11.1 Å². The second-order valence-corrected chi connectivity index (χ2v) is 5.79. The molecule has 0 saturated heterocycles. The Morgan fingerprint density at radius 3 is 2.25 bits per heavy atom. The van der Waals surface area contributed by atoms with Gasteiger partial charge in [-0.15, -0.1) is 0 Å². The lowest BCUT2D eigenvalue weighted by atomic mass is 9.95. The molecule has 0 aliphatic heterocycles. The molecular weight excluding hydrogens is 255 g/mol. The Hall–Kier alpha value is -2.17. The largest absolute Gasteiger partial charge is 0.383 e. The number of nitrogen functional groups attached to an aromatic ring is 1. The molecule has 0 bridgehead atoms. The zero-order valence-electron chi connectivity index (χ0n) is 12.2. The molecule has 106 valence electrons. The second-order valence-electron chi connectivity index (χ2n) is 5.79. The van der Waals surface area contributed by atoms with Crippen molar-refractivity contribution >= 4 is 17.3 Å². The second kappa shape index (κ2) is 5.07. The van der Waals surface area contributed by atoms with E-state index in [-0.39, 0.29) is 11.2 Å². The van der Waals surface area contributed by atoms with E-state index >= 15 is 0 Å². The molecule has 0 atom stereocenters. The standard InChI is InChI=1S/C15H19FN4/c1-9-12(17)19-14(15(2,3)4)20-13(9)18-11-7-5-10(16)6-8-11/h5-8H,1-4H3,(H3,17,18,19,20). The van der Waals surface area contributed by atoms with Gasteiger partial charge in [0, 0.05) is 16.7 Å². The number of nitrogens with zero attached hydrogens (tertiary/aromatic N) is 2. The Kier molecular flexibility index (Phi) is 3.61. The molecule has 1 aromatic heterocycles. The molecule has 1 aromatic carbocycles. The van der Waals surface area contributed by atoms with E-state index in [1.165, 1.54) is 12.1 Å². The highest BCUT2D eigenvalue weighted by Gasteiger charge is 2.20. The zero-order valence-corrected chi connectivity index (χ0v) is 12.2. The lowest BCUT2D eigenvalue weighted by molar-refractivity contribution is 0.546. The third-order valence-corrected chi connectivity index (χ3v) is 2.96. The SMILES string of the molecule is Cc1c(N)nc(C(C)(C)C)nc1Nc1ccc(F)cc1. The van der Waals surface area contributed by atoms with Crippen LogP contribution in [0.3, 0.4) is 0 Å². The summed E-state index contributed by atoms with van der Waals surface area (Å²) in [6, 6.07) is 6.10. The van der Waals surface area contributed by atoms with Gasteiger partial charge in [0.05, 0.1) is 0 Å². The van der Waals surface area contributed by atoms with Gasteiger partial charge >= 0.3 is 0 Å². The molecule has 3 N–H and O–H groups in total. The Morgan fingerprint density at radius 1 is 1.10 bits per heavy atom. The van der Waals surface area contributed by atoms with Crippen molar-refractivity contribution in [2.24, 2.45) is 0 Å². The van der Waals surface area contributed by atoms with Crippen LogP contribution in [0.15, 0.2) is 24.3 Å². The Balaban J connectivity index is 2.40. The number of nitrogens with one attached hydrogen (secondary N) is 1. The predicted molar refractivity (Wildman–Crippen MR) is 79.6 cm³/mol. The summed E-state index contributed by atoms with van der Waals surface area (Å²) in [5.41, 5.74) is 7.29. The highest BCUT2D eigenvalue weighted by molar-refractivity contribution is 5.63. The van der Waals surface area contributed by atoms with Crippen molar-refractivity contribution < 1.29 is 4.39 Å². The van der Waals surface area contributed by atoms with Crippen LogP contribution in [0.25, 0.3) is 0 Å². The van der Waals surface area contributed by atoms with E-state index in [2.05, 4.69) is 15.3 Å². The first-order valence-corrected chi connectivity index (χ1v) is 6.44. The minimum Gasteiger partial charge on any atom is -0.383 e. The maximum absolute atomic E-state index is 12.9. The molecule has 0 fully saturated rings. The quantitative estimate of drug-likeness (QED) is 0.879. The molecule has 4 nitrogen and oxygen atoms in total. The fourth-order valence-electron chi connectivity index (χ4n) is 1.66. The molecule has 0 saturated carbocycles. The molecule has 1 heterocycles. The fourth-order valence-corrected chi connectivity index (χ4v) is 1.66. The van der Waals surface area contributed by atoms with Crippen molar-refractivity contribution in [2.75, 3.05) is 11.1 Å². The third-order valence-electron chi connectivity index (χ3n) is 2.96. The summed E-state index contributed by atoms with van der Waals surface area (Å²) in [7, 11) is 0. The highest BCUT2D eigenvalue weighted by Crippen LogP contribution is 2.26. The first-order chi connectivity index (χ1) is 9.27. The van der Waals surface area contributed by atoms with Crippen LogP contribution >= 0.6 is 0 Å². The van der Waals surface area contributed by atoms with Crippen LogP contribution in [0.2, 0.25) is 0 Å². The minimum atomic E-state index is -0.273. The molecule has 0 unspecified atom stereocenters. The number of hydrogen-bond acceptors (Lipinski definition) is 4. The number of anilines is 3. The highest BCUT2D eigenvalue weighted by atomic mass is 19.1. The summed E-state index contributed by atoms with van der Waals surface area (Å²) < 4.78 is 12.9. The summed E-state index contributed by atoms with van der Waals surface area (Å²) in [5.74, 6) is 1.50. The molecule has 5 heteroatoms. The molecule has 0 amide bonds. The summed E-state index contributed by atoms with van der Waals surface area (Å²) in [6.45, 7) is 7.93. The van der Waals surface area contributed by atoms with Gasteiger partial charge in [-0.25, -0.2) is 14.4 Å². The van der Waals surface area contributed by atoms with Crippen molar-refractivity contribution in [1.29, 1.82) is 0 Å². The average molecular weight is 274 g/mol. The molecule has 2 aromatic rings. The van der Waals surface area contributed by atoms with Crippen LogP contribution in [-0.4, -0.2) is 9.97 Å². The van der Waals surface area contributed by atoms with Crippen molar-refractivity contribution in [3.8, 4) is 0 Å². The van der Waals surface area contributed by atoms with Gasteiger partial charge in [0.25, 0.3) is 0 Å². The molecule has 0 radical (unpaired) electrons. The van der Waals surface area contributed by atoms with Gasteiger partial charge in [-0.05, 0) is 31.2 Å². The van der Waals surface area contributed by atoms with Crippen LogP contribution in [0, 0.1) is 12.7 Å². The molecule has 0 aliphatic rings. The molecule has 0 aliphatic carbocycles. The first kappa shape index (κ1) is 14.2.